The van der Waals surface area contributed by atoms with E-state index in [0.717, 1.165) is 23.6 Å². The second-order valence-electron chi connectivity index (χ2n) is 5.68. The molecule has 6 nitrogen and oxygen atoms in total. The zero-order valence-electron chi connectivity index (χ0n) is 13.0. The molecule has 2 aliphatic heterocycles. The predicted molar refractivity (Wildman–Crippen MR) is 88.8 cm³/mol. The van der Waals surface area contributed by atoms with Crippen molar-refractivity contribution in [3.63, 3.8) is 0 Å². The zero-order valence-corrected chi connectivity index (χ0v) is 13.0. The van der Waals surface area contributed by atoms with Crippen molar-refractivity contribution >= 4 is 29.7 Å². The van der Waals surface area contributed by atoms with Crippen LogP contribution in [0.3, 0.4) is 0 Å². The maximum atomic E-state index is 12.8. The molecule has 1 N–H and O–H groups in total. The quantitative estimate of drug-likeness (QED) is 0.927. The number of hydrogen-bond acceptors (Lipinski definition) is 5. The maximum Gasteiger partial charge on any atom is 0.260 e. The van der Waals surface area contributed by atoms with Gasteiger partial charge in [-0.3, -0.25) is 9.79 Å². The number of rotatable bonds is 2. The van der Waals surface area contributed by atoms with Gasteiger partial charge < -0.3 is 14.6 Å². The first-order chi connectivity index (χ1) is 11.1. The summed E-state index contributed by atoms with van der Waals surface area (Å²) in [5, 5.41) is 2.93. The Morgan fingerprint density at radius 2 is 2.22 bits per heavy atom. The Balaban J connectivity index is 1.74. The number of amidine groups is 1. The molecule has 3 heterocycles. The van der Waals surface area contributed by atoms with Gasteiger partial charge in [0.15, 0.2) is 0 Å². The minimum atomic E-state index is -0.204. The molecule has 4 rings (SSSR count). The summed E-state index contributed by atoms with van der Waals surface area (Å²) < 4.78 is 5.66. The van der Waals surface area contributed by atoms with E-state index in [2.05, 4.69) is 15.3 Å². The van der Waals surface area contributed by atoms with Gasteiger partial charge in [0, 0.05) is 12.2 Å². The number of carbonyl (C=O) groups excluding carboxylic acids is 1. The Morgan fingerprint density at radius 1 is 1.35 bits per heavy atom. The lowest BCUT2D eigenvalue weighted by Gasteiger charge is -2.18. The number of carbonyl (C=O) groups is 1. The first-order valence-corrected chi connectivity index (χ1v) is 7.50. The number of nitrogens with zero attached hydrogens (tertiary/aromatic N) is 3. The van der Waals surface area contributed by atoms with Crippen LogP contribution < -0.4 is 5.32 Å². The van der Waals surface area contributed by atoms with Crippen LogP contribution >= 0.6 is 0 Å². The fourth-order valence-electron chi connectivity index (χ4n) is 2.94. The summed E-state index contributed by atoms with van der Waals surface area (Å²) in [6.45, 7) is 5.24. The molecule has 2 aliphatic rings. The molecule has 0 aliphatic carbocycles. The molecule has 0 saturated heterocycles. The van der Waals surface area contributed by atoms with Gasteiger partial charge in [0.25, 0.3) is 5.91 Å². The number of furan rings is 1. The van der Waals surface area contributed by atoms with Crippen LogP contribution in [-0.2, 0) is 0 Å². The Bertz CT molecular complexity index is 863. The molecule has 0 unspecified atom stereocenters. The molecule has 0 radical (unpaired) electrons. The largest absolute Gasteiger partial charge is 0.442 e. The van der Waals surface area contributed by atoms with E-state index in [1.165, 1.54) is 0 Å². The Kier molecular flexibility index (Phi) is 3.04. The SMILES string of the molecule is Cc1cccc(NC(=O)c2c(C)oc3c2C2=NCCN2C=N3)c1. The van der Waals surface area contributed by atoms with E-state index in [-0.39, 0.29) is 5.91 Å². The Morgan fingerprint density at radius 3 is 3.04 bits per heavy atom. The maximum absolute atomic E-state index is 12.8. The fraction of sp³-hybridized carbons (Fsp3) is 0.235. The highest BCUT2D eigenvalue weighted by Gasteiger charge is 2.33. The predicted octanol–water partition coefficient (Wildman–Crippen LogP) is 2.88. The van der Waals surface area contributed by atoms with Crippen molar-refractivity contribution in [2.24, 2.45) is 9.98 Å². The van der Waals surface area contributed by atoms with E-state index >= 15 is 0 Å². The summed E-state index contributed by atoms with van der Waals surface area (Å²) >= 11 is 0. The van der Waals surface area contributed by atoms with Crippen LogP contribution in [0, 0.1) is 13.8 Å². The van der Waals surface area contributed by atoms with E-state index in [4.69, 9.17) is 4.42 Å². The molecule has 1 aromatic heterocycles. The van der Waals surface area contributed by atoms with Crippen molar-refractivity contribution in [3.8, 4) is 0 Å². The molecule has 23 heavy (non-hydrogen) atoms. The molecule has 0 fully saturated rings. The molecule has 6 heteroatoms. The Labute approximate surface area is 133 Å². The second kappa shape index (κ2) is 5.08. The lowest BCUT2D eigenvalue weighted by molar-refractivity contribution is 0.102. The number of aliphatic imine (C=N–C) groups is 2. The monoisotopic (exact) mass is 308 g/mol. The number of hydrogen-bond donors (Lipinski definition) is 1. The van der Waals surface area contributed by atoms with Gasteiger partial charge in [-0.1, -0.05) is 12.1 Å². The molecule has 1 amide bonds. The number of aryl methyl sites for hydroxylation is 2. The number of nitrogens with one attached hydrogen (secondary N) is 1. The number of amides is 1. The third-order valence-corrected chi connectivity index (χ3v) is 3.98. The van der Waals surface area contributed by atoms with Crippen molar-refractivity contribution < 1.29 is 9.21 Å². The van der Waals surface area contributed by atoms with Crippen LogP contribution in [0.1, 0.15) is 27.2 Å². The fourth-order valence-corrected chi connectivity index (χ4v) is 2.94. The molecular formula is C17H16N4O2. The molecule has 0 bridgehead atoms. The first-order valence-electron chi connectivity index (χ1n) is 7.50. The molecule has 0 saturated carbocycles. The summed E-state index contributed by atoms with van der Waals surface area (Å²) in [6.07, 6.45) is 1.71. The van der Waals surface area contributed by atoms with E-state index in [0.29, 0.717) is 29.3 Å². The van der Waals surface area contributed by atoms with Crippen LogP contribution in [0.15, 0.2) is 38.7 Å². The van der Waals surface area contributed by atoms with Gasteiger partial charge in [-0.2, -0.15) is 0 Å². The third kappa shape index (κ3) is 2.23. The lowest BCUT2D eigenvalue weighted by Crippen LogP contribution is -2.30. The van der Waals surface area contributed by atoms with Crippen LogP contribution in [-0.4, -0.2) is 36.1 Å². The van der Waals surface area contributed by atoms with Gasteiger partial charge >= 0.3 is 0 Å². The average molecular weight is 308 g/mol. The molecule has 1 aromatic carbocycles. The van der Waals surface area contributed by atoms with Gasteiger partial charge in [-0.25, -0.2) is 4.99 Å². The Hall–Kier alpha value is -2.89. The highest BCUT2D eigenvalue weighted by atomic mass is 16.4. The van der Waals surface area contributed by atoms with E-state index in [1.54, 1.807) is 13.3 Å². The summed E-state index contributed by atoms with van der Waals surface area (Å²) in [5.41, 5.74) is 3.04. The van der Waals surface area contributed by atoms with Crippen molar-refractivity contribution in [1.82, 2.24) is 4.90 Å². The number of fused-ring (bicyclic) bond motifs is 3. The summed E-state index contributed by atoms with van der Waals surface area (Å²) in [7, 11) is 0. The summed E-state index contributed by atoms with van der Waals surface area (Å²) in [4.78, 5) is 23.5. The van der Waals surface area contributed by atoms with Gasteiger partial charge in [-0.05, 0) is 31.5 Å². The highest BCUT2D eigenvalue weighted by Crippen LogP contribution is 2.34. The molecule has 116 valence electrons. The van der Waals surface area contributed by atoms with Crippen LogP contribution in [0.25, 0.3) is 0 Å². The topological polar surface area (TPSA) is 70.2 Å². The first kappa shape index (κ1) is 13.8. The second-order valence-corrected chi connectivity index (χ2v) is 5.68. The van der Waals surface area contributed by atoms with Gasteiger partial charge in [0.1, 0.15) is 17.9 Å². The van der Waals surface area contributed by atoms with Gasteiger partial charge in [0.2, 0.25) is 5.88 Å². The van der Waals surface area contributed by atoms with Crippen molar-refractivity contribution in [3.05, 3.63) is 46.7 Å². The smallest absolute Gasteiger partial charge is 0.260 e. The van der Waals surface area contributed by atoms with Crippen molar-refractivity contribution in [1.29, 1.82) is 0 Å². The van der Waals surface area contributed by atoms with Crippen LogP contribution in [0.5, 0.6) is 0 Å². The van der Waals surface area contributed by atoms with Crippen LogP contribution in [0.4, 0.5) is 11.6 Å². The average Bonchev–Trinajstić information content (AvgIpc) is 3.09. The number of anilines is 1. The third-order valence-electron chi connectivity index (χ3n) is 3.98. The molecule has 0 spiro atoms. The van der Waals surface area contributed by atoms with E-state index < -0.39 is 0 Å². The highest BCUT2D eigenvalue weighted by molar-refractivity contribution is 6.19. The summed E-state index contributed by atoms with van der Waals surface area (Å²) in [6, 6.07) is 7.69. The van der Waals surface area contributed by atoms with E-state index in [1.807, 2.05) is 36.1 Å². The van der Waals surface area contributed by atoms with Crippen molar-refractivity contribution in [2.45, 2.75) is 13.8 Å². The van der Waals surface area contributed by atoms with E-state index in [9.17, 15) is 4.79 Å². The van der Waals surface area contributed by atoms with Gasteiger partial charge in [0.05, 0.1) is 17.7 Å². The standard InChI is InChI=1S/C17H16N4O2/c1-10-4-3-5-12(8-10)20-16(22)13-11(2)23-17-14(13)15-18-6-7-21(15)9-19-17/h3-5,8-9H,6-7H2,1-2H3,(H,20,22). The van der Waals surface area contributed by atoms with Gasteiger partial charge in [-0.15, -0.1) is 0 Å². The minimum Gasteiger partial charge on any atom is -0.442 e. The molecule has 0 atom stereocenters. The molecule has 2 aromatic rings. The summed E-state index contributed by atoms with van der Waals surface area (Å²) in [5.74, 6) is 1.56. The zero-order chi connectivity index (χ0) is 16.0. The van der Waals surface area contributed by atoms with Crippen molar-refractivity contribution in [2.75, 3.05) is 18.4 Å². The normalized spacial score (nSPS) is 15.2. The van der Waals surface area contributed by atoms with Crippen LogP contribution in [0.2, 0.25) is 0 Å². The molecular weight excluding hydrogens is 292 g/mol. The lowest BCUT2D eigenvalue weighted by atomic mass is 10.1. The minimum absolute atomic E-state index is 0.204. The number of benzene rings is 1.